The summed E-state index contributed by atoms with van der Waals surface area (Å²) >= 11 is 0. The normalized spacial score (nSPS) is 12.3. The van der Waals surface area contributed by atoms with Gasteiger partial charge in [0.1, 0.15) is 11.6 Å². The van der Waals surface area contributed by atoms with Crippen LogP contribution in [0.5, 0.6) is 0 Å². The fourth-order valence-corrected chi connectivity index (χ4v) is 4.38. The highest BCUT2D eigenvalue weighted by atomic mass is 19.4. The molecule has 4 aromatic rings. The van der Waals surface area contributed by atoms with Gasteiger partial charge < -0.3 is 26.6 Å². The first kappa shape index (κ1) is 28.1. The molecular formula is C29H22F4N6O3. The van der Waals surface area contributed by atoms with E-state index in [1.165, 1.54) is 19.2 Å². The van der Waals surface area contributed by atoms with Crippen molar-refractivity contribution in [1.82, 2.24) is 10.3 Å². The number of hydrogen-bond acceptors (Lipinski definition) is 6. The predicted molar refractivity (Wildman–Crippen MR) is 149 cm³/mol. The number of carbonyl (C=O) groups is 3. The number of alkyl halides is 3. The second-order valence-corrected chi connectivity index (χ2v) is 9.23. The van der Waals surface area contributed by atoms with Gasteiger partial charge in [0.15, 0.2) is 0 Å². The molecule has 2 heterocycles. The number of carbonyl (C=O) groups excluding carboxylic acids is 3. The highest BCUT2D eigenvalue weighted by molar-refractivity contribution is 6.11. The maximum absolute atomic E-state index is 14.2. The summed E-state index contributed by atoms with van der Waals surface area (Å²) < 4.78 is 56.1. The van der Waals surface area contributed by atoms with Crippen LogP contribution in [-0.4, -0.2) is 29.8 Å². The number of anilines is 6. The van der Waals surface area contributed by atoms with Gasteiger partial charge in [-0.3, -0.25) is 14.4 Å². The molecule has 0 bridgehead atoms. The van der Waals surface area contributed by atoms with Crippen LogP contribution in [0, 0.1) is 5.82 Å². The second kappa shape index (κ2) is 11.2. The van der Waals surface area contributed by atoms with Crippen molar-refractivity contribution in [1.29, 1.82) is 0 Å². The first-order chi connectivity index (χ1) is 20.0. The minimum Gasteiger partial charge on any atom is -0.355 e. The smallest absolute Gasteiger partial charge is 0.355 e. The van der Waals surface area contributed by atoms with Gasteiger partial charge in [-0.25, -0.2) is 9.37 Å². The Morgan fingerprint density at radius 2 is 1.67 bits per heavy atom. The average Bonchev–Trinajstić information content (AvgIpc) is 3.32. The second-order valence-electron chi connectivity index (χ2n) is 9.23. The minimum atomic E-state index is -4.82. The van der Waals surface area contributed by atoms with E-state index in [-0.39, 0.29) is 40.6 Å². The Morgan fingerprint density at radius 3 is 2.43 bits per heavy atom. The van der Waals surface area contributed by atoms with Gasteiger partial charge in [0.2, 0.25) is 5.91 Å². The number of rotatable bonds is 7. The standard InChI is InChI=1S/C29H22F4N6O3/c1-34-27(41)18-4-2-3-5-22(18)39-28(42)19-12-16(30)6-8-23(19)37-24-13-25(35-14-20(24)29(31,32)33)36-17-7-9-21-15(10-17)11-26(40)38-21/h2-10,12-14H,11H2,1H3,(H,34,41)(H,38,40)(H,39,42)(H2,35,36,37). The molecule has 0 spiro atoms. The summed E-state index contributed by atoms with van der Waals surface area (Å²) in [5, 5.41) is 13.2. The summed E-state index contributed by atoms with van der Waals surface area (Å²) in [4.78, 5) is 41.0. The molecule has 5 N–H and O–H groups in total. The van der Waals surface area contributed by atoms with Gasteiger partial charge in [-0.1, -0.05) is 12.1 Å². The van der Waals surface area contributed by atoms with Crippen LogP contribution < -0.4 is 26.6 Å². The Morgan fingerprint density at radius 1 is 0.881 bits per heavy atom. The molecule has 214 valence electrons. The Labute approximate surface area is 236 Å². The zero-order valence-corrected chi connectivity index (χ0v) is 21.8. The molecule has 0 atom stereocenters. The van der Waals surface area contributed by atoms with Crippen molar-refractivity contribution >= 4 is 52.0 Å². The number of nitrogens with one attached hydrogen (secondary N) is 5. The Hall–Kier alpha value is -5.46. The van der Waals surface area contributed by atoms with Crippen LogP contribution in [0.3, 0.4) is 0 Å². The first-order valence-corrected chi connectivity index (χ1v) is 12.5. The van der Waals surface area contributed by atoms with Crippen molar-refractivity contribution in [2.24, 2.45) is 0 Å². The molecule has 0 radical (unpaired) electrons. The highest BCUT2D eigenvalue weighted by Crippen LogP contribution is 2.38. The zero-order valence-electron chi connectivity index (χ0n) is 21.8. The van der Waals surface area contributed by atoms with Crippen LogP contribution in [0.2, 0.25) is 0 Å². The number of hydrogen-bond donors (Lipinski definition) is 5. The van der Waals surface area contributed by atoms with Crippen LogP contribution in [0.4, 0.5) is 51.8 Å². The number of aromatic nitrogens is 1. The van der Waals surface area contributed by atoms with Crippen molar-refractivity contribution < 1.29 is 31.9 Å². The lowest BCUT2D eigenvalue weighted by atomic mass is 10.1. The van der Waals surface area contributed by atoms with Gasteiger partial charge in [0.25, 0.3) is 11.8 Å². The summed E-state index contributed by atoms with van der Waals surface area (Å²) in [6.45, 7) is 0. The van der Waals surface area contributed by atoms with E-state index in [4.69, 9.17) is 0 Å². The Bertz CT molecular complexity index is 1720. The number of amides is 3. The minimum absolute atomic E-state index is 0.0374. The molecule has 9 nitrogen and oxygen atoms in total. The summed E-state index contributed by atoms with van der Waals surface area (Å²) in [7, 11) is 1.41. The number of nitrogens with zero attached hydrogens (tertiary/aromatic N) is 1. The third kappa shape index (κ3) is 5.99. The molecule has 5 rings (SSSR count). The molecule has 0 saturated carbocycles. The molecule has 0 unspecified atom stereocenters. The number of halogens is 4. The molecule has 1 aliphatic heterocycles. The van der Waals surface area contributed by atoms with Crippen molar-refractivity contribution in [3.8, 4) is 0 Å². The maximum atomic E-state index is 14.2. The first-order valence-electron chi connectivity index (χ1n) is 12.5. The molecule has 1 aromatic heterocycles. The van der Waals surface area contributed by atoms with E-state index < -0.39 is 35.1 Å². The van der Waals surface area contributed by atoms with E-state index >= 15 is 0 Å². The van der Waals surface area contributed by atoms with Crippen molar-refractivity contribution in [2.75, 3.05) is 28.3 Å². The molecule has 3 aromatic carbocycles. The lowest BCUT2D eigenvalue weighted by Crippen LogP contribution is -2.22. The van der Waals surface area contributed by atoms with Gasteiger partial charge in [-0.05, 0) is 54.1 Å². The van der Waals surface area contributed by atoms with Crippen LogP contribution in [0.15, 0.2) is 72.9 Å². The van der Waals surface area contributed by atoms with E-state index in [9.17, 15) is 31.9 Å². The largest absolute Gasteiger partial charge is 0.419 e. The van der Waals surface area contributed by atoms with E-state index in [2.05, 4.69) is 31.6 Å². The molecule has 42 heavy (non-hydrogen) atoms. The lowest BCUT2D eigenvalue weighted by Gasteiger charge is -2.18. The number of fused-ring (bicyclic) bond motifs is 1. The predicted octanol–water partition coefficient (Wildman–Crippen LogP) is 5.83. The van der Waals surface area contributed by atoms with E-state index in [1.807, 2.05) is 0 Å². The van der Waals surface area contributed by atoms with Gasteiger partial charge in [0.05, 0.1) is 40.2 Å². The summed E-state index contributed by atoms with van der Waals surface area (Å²) in [5.74, 6) is -2.28. The highest BCUT2D eigenvalue weighted by Gasteiger charge is 2.35. The summed E-state index contributed by atoms with van der Waals surface area (Å²) in [6, 6.07) is 15.2. The molecule has 3 amide bonds. The number of para-hydroxylation sites is 1. The third-order valence-electron chi connectivity index (χ3n) is 6.35. The Balaban J connectivity index is 1.47. The van der Waals surface area contributed by atoms with Crippen molar-refractivity contribution in [3.63, 3.8) is 0 Å². The van der Waals surface area contributed by atoms with Gasteiger partial charge in [-0.2, -0.15) is 13.2 Å². The van der Waals surface area contributed by atoms with Crippen LogP contribution >= 0.6 is 0 Å². The van der Waals surface area contributed by atoms with Gasteiger partial charge >= 0.3 is 6.18 Å². The third-order valence-corrected chi connectivity index (χ3v) is 6.35. The molecular weight excluding hydrogens is 556 g/mol. The Kier molecular flexibility index (Phi) is 7.49. The maximum Gasteiger partial charge on any atom is 0.419 e. The number of benzene rings is 3. The van der Waals surface area contributed by atoms with Crippen molar-refractivity contribution in [3.05, 3.63) is 101 Å². The zero-order chi connectivity index (χ0) is 30.0. The number of pyridine rings is 1. The van der Waals surface area contributed by atoms with Gasteiger partial charge in [-0.15, -0.1) is 0 Å². The topological polar surface area (TPSA) is 124 Å². The SMILES string of the molecule is CNC(=O)c1ccccc1NC(=O)c1cc(F)ccc1Nc1cc(Nc2ccc3c(c2)CC(=O)N3)ncc1C(F)(F)F. The monoisotopic (exact) mass is 578 g/mol. The molecule has 0 aliphatic carbocycles. The molecule has 0 saturated heterocycles. The van der Waals surface area contributed by atoms with E-state index in [0.717, 1.165) is 29.8 Å². The lowest BCUT2D eigenvalue weighted by molar-refractivity contribution is -0.137. The summed E-state index contributed by atoms with van der Waals surface area (Å²) in [5.41, 5.74) is 0.0865. The van der Waals surface area contributed by atoms with E-state index in [0.29, 0.717) is 17.6 Å². The summed E-state index contributed by atoms with van der Waals surface area (Å²) in [6.07, 6.45) is -4.02. The van der Waals surface area contributed by atoms with Crippen molar-refractivity contribution in [2.45, 2.75) is 12.6 Å². The quantitative estimate of drug-likeness (QED) is 0.176. The molecule has 0 fully saturated rings. The van der Waals surface area contributed by atoms with Crippen LogP contribution in [0.25, 0.3) is 0 Å². The molecule has 1 aliphatic rings. The van der Waals surface area contributed by atoms with Crippen LogP contribution in [0.1, 0.15) is 31.8 Å². The van der Waals surface area contributed by atoms with Gasteiger partial charge in [0, 0.05) is 30.7 Å². The fraction of sp³-hybridized carbons (Fsp3) is 0.103. The molecule has 13 heteroatoms. The van der Waals surface area contributed by atoms with Crippen LogP contribution in [-0.2, 0) is 17.4 Å². The fourth-order valence-electron chi connectivity index (χ4n) is 4.38. The average molecular weight is 579 g/mol. The van der Waals surface area contributed by atoms with E-state index in [1.54, 1.807) is 30.3 Å².